The predicted molar refractivity (Wildman–Crippen MR) is 104 cm³/mol. The molecule has 5 nitrogen and oxygen atoms in total. The maximum Gasteiger partial charge on any atom is 0.261 e. The molecule has 1 N–H and O–H groups in total. The molecule has 2 aromatic rings. The summed E-state index contributed by atoms with van der Waals surface area (Å²) in [6.07, 6.45) is 2.33. The second-order valence-electron chi connectivity index (χ2n) is 6.79. The van der Waals surface area contributed by atoms with Gasteiger partial charge in [-0.3, -0.25) is 4.72 Å². The zero-order valence-corrected chi connectivity index (χ0v) is 16.2. The van der Waals surface area contributed by atoms with E-state index in [1.165, 1.54) is 42.7 Å². The molecule has 0 aromatic heterocycles. The Morgan fingerprint density at radius 1 is 1.04 bits per heavy atom. The molecule has 0 amide bonds. The van der Waals surface area contributed by atoms with Crippen molar-refractivity contribution in [2.24, 2.45) is 0 Å². The number of rotatable bonds is 4. The summed E-state index contributed by atoms with van der Waals surface area (Å²) in [5.41, 5.74) is 5.24. The number of sulfonamides is 1. The molecule has 0 saturated carbocycles. The van der Waals surface area contributed by atoms with Gasteiger partial charge in [0.2, 0.25) is 0 Å². The molecule has 0 atom stereocenters. The lowest BCUT2D eigenvalue weighted by Gasteiger charge is -2.26. The van der Waals surface area contributed by atoms with Crippen LogP contribution in [0.2, 0.25) is 0 Å². The van der Waals surface area contributed by atoms with E-state index >= 15 is 0 Å². The number of hydrogen-bond donors (Lipinski definition) is 1. The van der Waals surface area contributed by atoms with Crippen LogP contribution in [0.5, 0.6) is 0 Å². The van der Waals surface area contributed by atoms with Gasteiger partial charge in [-0.25, -0.2) is 8.42 Å². The molecule has 0 aliphatic carbocycles. The maximum absolute atomic E-state index is 12.8. The average molecular weight is 369 g/mol. The molecule has 1 saturated heterocycles. The van der Waals surface area contributed by atoms with E-state index in [1.54, 1.807) is 0 Å². The van der Waals surface area contributed by atoms with Crippen LogP contribution in [-0.2, 0) is 10.0 Å². The van der Waals surface area contributed by atoms with Crippen molar-refractivity contribution >= 4 is 21.4 Å². The van der Waals surface area contributed by atoms with Gasteiger partial charge < -0.3 is 4.90 Å². The lowest BCUT2D eigenvalue weighted by Crippen LogP contribution is -2.22. The minimum absolute atomic E-state index is 0.151. The maximum atomic E-state index is 12.8. The lowest BCUT2D eigenvalue weighted by atomic mass is 10.0. The Labute approximate surface area is 155 Å². The van der Waals surface area contributed by atoms with E-state index in [0.717, 1.165) is 29.9 Å². The first-order valence-electron chi connectivity index (χ1n) is 8.72. The van der Waals surface area contributed by atoms with Crippen LogP contribution >= 0.6 is 0 Å². The largest absolute Gasteiger partial charge is 0.371 e. The molecule has 1 aliphatic heterocycles. The zero-order valence-electron chi connectivity index (χ0n) is 15.3. The van der Waals surface area contributed by atoms with Gasteiger partial charge in [-0.15, -0.1) is 0 Å². The lowest BCUT2D eigenvalue weighted by molar-refractivity contribution is 0.601. The predicted octanol–water partition coefficient (Wildman–Crippen LogP) is 3.88. The van der Waals surface area contributed by atoms with Crippen LogP contribution in [0.4, 0.5) is 11.4 Å². The molecule has 0 bridgehead atoms. The third kappa shape index (κ3) is 3.40. The first kappa shape index (κ1) is 18.3. The van der Waals surface area contributed by atoms with Gasteiger partial charge in [0.15, 0.2) is 0 Å². The van der Waals surface area contributed by atoms with Crippen LogP contribution in [0.3, 0.4) is 0 Å². The molecule has 0 radical (unpaired) electrons. The van der Waals surface area contributed by atoms with Gasteiger partial charge in [0, 0.05) is 18.8 Å². The fraction of sp³-hybridized carbons (Fsp3) is 0.350. The van der Waals surface area contributed by atoms with Crippen molar-refractivity contribution in [3.8, 4) is 6.07 Å². The van der Waals surface area contributed by atoms with E-state index in [4.69, 9.17) is 5.26 Å². The van der Waals surface area contributed by atoms with Crippen LogP contribution in [0.15, 0.2) is 35.2 Å². The highest BCUT2D eigenvalue weighted by Crippen LogP contribution is 2.36. The smallest absolute Gasteiger partial charge is 0.261 e. The van der Waals surface area contributed by atoms with Gasteiger partial charge in [0.05, 0.1) is 22.2 Å². The van der Waals surface area contributed by atoms with Gasteiger partial charge in [-0.2, -0.15) is 5.26 Å². The molecule has 6 heteroatoms. The first-order valence-corrected chi connectivity index (χ1v) is 10.2. The van der Waals surface area contributed by atoms with Crippen LogP contribution < -0.4 is 9.62 Å². The monoisotopic (exact) mass is 369 g/mol. The van der Waals surface area contributed by atoms with Gasteiger partial charge >= 0.3 is 0 Å². The molecular formula is C20H23N3O2S. The molecule has 3 rings (SSSR count). The SMILES string of the molecule is Cc1cc(C)c(N2CCCC2)c(C)c1NS(=O)(=O)c1ccc(C#N)cc1. The fourth-order valence-electron chi connectivity index (χ4n) is 3.66. The second-order valence-corrected chi connectivity index (χ2v) is 8.48. The zero-order chi connectivity index (χ0) is 18.9. The van der Waals surface area contributed by atoms with Crippen LogP contribution in [0, 0.1) is 32.1 Å². The quantitative estimate of drug-likeness (QED) is 0.887. The number of hydrogen-bond acceptors (Lipinski definition) is 4. The van der Waals surface area contributed by atoms with Gasteiger partial charge in [-0.1, -0.05) is 6.07 Å². The normalized spacial score (nSPS) is 14.3. The van der Waals surface area contributed by atoms with Crippen LogP contribution in [-0.4, -0.2) is 21.5 Å². The van der Waals surface area contributed by atoms with Gasteiger partial charge in [0.1, 0.15) is 0 Å². The Kier molecular flexibility index (Phi) is 4.92. The second kappa shape index (κ2) is 7.00. The van der Waals surface area contributed by atoms with Crippen molar-refractivity contribution in [2.75, 3.05) is 22.7 Å². The van der Waals surface area contributed by atoms with Crippen molar-refractivity contribution < 1.29 is 8.42 Å². The highest BCUT2D eigenvalue weighted by atomic mass is 32.2. The number of anilines is 2. The summed E-state index contributed by atoms with van der Waals surface area (Å²) in [5.74, 6) is 0. The van der Waals surface area contributed by atoms with Crippen molar-refractivity contribution in [3.63, 3.8) is 0 Å². The number of nitriles is 1. The van der Waals surface area contributed by atoms with Crippen molar-refractivity contribution in [1.82, 2.24) is 0 Å². The Hall–Kier alpha value is -2.52. The number of nitrogens with one attached hydrogen (secondary N) is 1. The first-order chi connectivity index (χ1) is 12.3. The molecule has 2 aromatic carbocycles. The van der Waals surface area contributed by atoms with Crippen molar-refractivity contribution in [3.05, 3.63) is 52.6 Å². The Morgan fingerprint density at radius 3 is 2.23 bits per heavy atom. The molecule has 0 spiro atoms. The van der Waals surface area contributed by atoms with E-state index in [-0.39, 0.29) is 4.90 Å². The molecule has 0 unspecified atom stereocenters. The summed E-state index contributed by atoms with van der Waals surface area (Å²) < 4.78 is 28.4. The van der Waals surface area contributed by atoms with E-state index in [1.807, 2.05) is 26.0 Å². The summed E-state index contributed by atoms with van der Waals surface area (Å²) in [6.45, 7) is 7.99. The third-order valence-electron chi connectivity index (χ3n) is 4.88. The summed E-state index contributed by atoms with van der Waals surface area (Å²) in [7, 11) is -3.71. The van der Waals surface area contributed by atoms with E-state index in [0.29, 0.717) is 11.3 Å². The minimum atomic E-state index is -3.71. The topological polar surface area (TPSA) is 73.2 Å². The Balaban J connectivity index is 2.00. The Bertz CT molecular complexity index is 968. The molecule has 1 fully saturated rings. The number of nitrogens with zero attached hydrogens (tertiary/aromatic N) is 2. The summed E-state index contributed by atoms with van der Waals surface area (Å²) in [6, 6.07) is 9.98. The van der Waals surface area contributed by atoms with Crippen LogP contribution in [0.25, 0.3) is 0 Å². The van der Waals surface area contributed by atoms with Gasteiger partial charge in [0.25, 0.3) is 10.0 Å². The van der Waals surface area contributed by atoms with Gasteiger partial charge in [-0.05, 0) is 74.6 Å². The van der Waals surface area contributed by atoms with E-state index < -0.39 is 10.0 Å². The van der Waals surface area contributed by atoms with Crippen molar-refractivity contribution in [1.29, 1.82) is 5.26 Å². The summed E-state index contributed by atoms with van der Waals surface area (Å²) in [4.78, 5) is 2.49. The molecule has 1 heterocycles. The standard InChI is InChI=1S/C20H23N3O2S/c1-14-12-15(2)20(23-10-4-5-11-23)16(3)19(14)22-26(24,25)18-8-6-17(13-21)7-9-18/h6-9,12,22H,4-5,10-11H2,1-3H3. The molecule has 1 aliphatic rings. The summed E-state index contributed by atoms with van der Waals surface area (Å²) in [5, 5.41) is 8.88. The summed E-state index contributed by atoms with van der Waals surface area (Å²) >= 11 is 0. The van der Waals surface area contributed by atoms with E-state index in [9.17, 15) is 8.42 Å². The van der Waals surface area contributed by atoms with E-state index in [2.05, 4.69) is 16.5 Å². The Morgan fingerprint density at radius 2 is 1.65 bits per heavy atom. The number of benzene rings is 2. The number of aryl methyl sites for hydroxylation is 2. The fourth-order valence-corrected chi connectivity index (χ4v) is 4.86. The minimum Gasteiger partial charge on any atom is -0.371 e. The third-order valence-corrected chi connectivity index (χ3v) is 6.25. The van der Waals surface area contributed by atoms with Crippen LogP contribution in [0.1, 0.15) is 35.1 Å². The molecule has 136 valence electrons. The highest BCUT2D eigenvalue weighted by Gasteiger charge is 2.22. The highest BCUT2D eigenvalue weighted by molar-refractivity contribution is 7.92. The molecule has 26 heavy (non-hydrogen) atoms. The van der Waals surface area contributed by atoms with Crippen molar-refractivity contribution in [2.45, 2.75) is 38.5 Å². The molecular weight excluding hydrogens is 346 g/mol. The average Bonchev–Trinajstić information content (AvgIpc) is 3.12.